The number of likely N-dealkylation sites (N-methyl/N-ethyl adjacent to an activating group) is 1. The second kappa shape index (κ2) is 7.13. The average molecular weight is 272 g/mol. The fourth-order valence-electron chi connectivity index (χ4n) is 2.77. The Morgan fingerprint density at radius 3 is 2.72 bits per heavy atom. The minimum absolute atomic E-state index is 0.434. The van der Waals surface area contributed by atoms with E-state index < -0.39 is 0 Å². The van der Waals surface area contributed by atoms with Gasteiger partial charge < -0.3 is 10.1 Å². The third-order valence-corrected chi connectivity index (χ3v) is 5.11. The maximum absolute atomic E-state index is 6.13. The van der Waals surface area contributed by atoms with Gasteiger partial charge in [-0.1, -0.05) is 13.8 Å². The van der Waals surface area contributed by atoms with Crippen LogP contribution in [0.2, 0.25) is 0 Å². The molecule has 2 aliphatic heterocycles. The number of nitrogens with zero attached hydrogens (tertiary/aromatic N) is 1. The lowest BCUT2D eigenvalue weighted by atomic mass is 10.1. The van der Waals surface area contributed by atoms with Crippen LogP contribution in [0, 0.1) is 0 Å². The van der Waals surface area contributed by atoms with Crippen molar-refractivity contribution in [3.63, 3.8) is 0 Å². The first kappa shape index (κ1) is 14.6. The first-order valence-electron chi connectivity index (χ1n) is 7.32. The lowest BCUT2D eigenvalue weighted by molar-refractivity contribution is 0.0217. The minimum atomic E-state index is 0.434. The zero-order valence-electron chi connectivity index (χ0n) is 12.0. The number of hydrogen-bond acceptors (Lipinski definition) is 4. The summed E-state index contributed by atoms with van der Waals surface area (Å²) in [7, 11) is 2.26. The van der Waals surface area contributed by atoms with Gasteiger partial charge in [0.05, 0.1) is 12.2 Å². The van der Waals surface area contributed by atoms with Gasteiger partial charge in [-0.2, -0.15) is 11.8 Å². The highest BCUT2D eigenvalue weighted by molar-refractivity contribution is 7.99. The average Bonchev–Trinajstić information content (AvgIpc) is 2.97. The number of ether oxygens (including phenoxy) is 1. The quantitative estimate of drug-likeness (QED) is 0.799. The number of hydrogen-bond donors (Lipinski definition) is 1. The molecule has 0 aromatic carbocycles. The second-order valence-electron chi connectivity index (χ2n) is 5.98. The Kier molecular flexibility index (Phi) is 5.80. The van der Waals surface area contributed by atoms with Crippen molar-refractivity contribution in [1.29, 1.82) is 0 Å². The molecule has 0 saturated carbocycles. The molecule has 0 spiro atoms. The number of thioether (sulfide) groups is 1. The summed E-state index contributed by atoms with van der Waals surface area (Å²) in [6.45, 7) is 6.51. The molecule has 1 N–H and O–H groups in total. The van der Waals surface area contributed by atoms with Gasteiger partial charge in [-0.05, 0) is 32.1 Å². The number of nitrogens with one attached hydrogen (secondary N) is 1. The van der Waals surface area contributed by atoms with Crippen molar-refractivity contribution >= 4 is 11.8 Å². The van der Waals surface area contributed by atoms with Gasteiger partial charge in [0, 0.05) is 30.9 Å². The maximum Gasteiger partial charge on any atom is 0.0707 e. The van der Waals surface area contributed by atoms with Crippen molar-refractivity contribution in [2.45, 2.75) is 57.4 Å². The smallest absolute Gasteiger partial charge is 0.0707 e. The van der Waals surface area contributed by atoms with Gasteiger partial charge in [-0.15, -0.1) is 0 Å². The van der Waals surface area contributed by atoms with Gasteiger partial charge in [-0.25, -0.2) is 0 Å². The molecule has 0 aromatic heterocycles. The Morgan fingerprint density at radius 1 is 1.28 bits per heavy atom. The van der Waals surface area contributed by atoms with Crippen LogP contribution in [0.4, 0.5) is 0 Å². The summed E-state index contributed by atoms with van der Waals surface area (Å²) in [6.07, 6.45) is 4.70. The van der Waals surface area contributed by atoms with E-state index in [0.717, 1.165) is 19.1 Å². The van der Waals surface area contributed by atoms with E-state index in [1.54, 1.807) is 0 Å². The molecule has 0 radical (unpaired) electrons. The predicted molar refractivity (Wildman–Crippen MR) is 79.4 cm³/mol. The lowest BCUT2D eigenvalue weighted by Gasteiger charge is -2.26. The van der Waals surface area contributed by atoms with E-state index in [1.807, 2.05) is 0 Å². The molecule has 4 heteroatoms. The molecule has 0 amide bonds. The van der Waals surface area contributed by atoms with Gasteiger partial charge in [0.25, 0.3) is 0 Å². The SMILES string of the molecule is CC(C)NCC1CCC(CN(C)C2CCSC2)O1. The predicted octanol–water partition coefficient (Wildman–Crippen LogP) is 1.97. The summed E-state index contributed by atoms with van der Waals surface area (Å²) in [5.74, 6) is 2.64. The molecule has 0 aliphatic carbocycles. The fourth-order valence-corrected chi connectivity index (χ4v) is 4.07. The van der Waals surface area contributed by atoms with Crippen LogP contribution in [-0.2, 0) is 4.74 Å². The highest BCUT2D eigenvalue weighted by Gasteiger charge is 2.28. The van der Waals surface area contributed by atoms with Crippen molar-refractivity contribution in [2.75, 3.05) is 31.6 Å². The lowest BCUT2D eigenvalue weighted by Crippen LogP contribution is -2.38. The molecule has 3 atom stereocenters. The van der Waals surface area contributed by atoms with Crippen molar-refractivity contribution < 1.29 is 4.74 Å². The van der Waals surface area contributed by atoms with E-state index in [-0.39, 0.29) is 0 Å². The van der Waals surface area contributed by atoms with E-state index in [2.05, 4.69) is 42.9 Å². The monoisotopic (exact) mass is 272 g/mol. The summed E-state index contributed by atoms with van der Waals surface area (Å²) in [6, 6.07) is 1.34. The van der Waals surface area contributed by atoms with Gasteiger partial charge >= 0.3 is 0 Å². The highest BCUT2D eigenvalue weighted by atomic mass is 32.2. The topological polar surface area (TPSA) is 24.5 Å². The maximum atomic E-state index is 6.13. The number of rotatable bonds is 6. The summed E-state index contributed by atoms with van der Waals surface area (Å²) >= 11 is 2.09. The molecule has 3 nitrogen and oxygen atoms in total. The summed E-state index contributed by atoms with van der Waals surface area (Å²) in [4.78, 5) is 2.52. The Bertz CT molecular complexity index is 244. The van der Waals surface area contributed by atoms with Crippen LogP contribution in [0.15, 0.2) is 0 Å². The summed E-state index contributed by atoms with van der Waals surface area (Å²) in [5, 5.41) is 3.47. The van der Waals surface area contributed by atoms with Crippen LogP contribution < -0.4 is 5.32 Å². The summed E-state index contributed by atoms with van der Waals surface area (Å²) in [5.41, 5.74) is 0. The van der Waals surface area contributed by atoms with Gasteiger partial charge in [0.2, 0.25) is 0 Å². The molecular weight excluding hydrogens is 244 g/mol. The van der Waals surface area contributed by atoms with Crippen molar-refractivity contribution in [3.8, 4) is 0 Å². The van der Waals surface area contributed by atoms with Crippen LogP contribution in [-0.4, -0.2) is 60.8 Å². The van der Waals surface area contributed by atoms with Crippen LogP contribution in [0.5, 0.6) is 0 Å². The molecule has 0 bridgehead atoms. The molecule has 2 fully saturated rings. The zero-order valence-corrected chi connectivity index (χ0v) is 12.8. The van der Waals surface area contributed by atoms with Gasteiger partial charge in [0.1, 0.15) is 0 Å². The Labute approximate surface area is 116 Å². The molecule has 106 valence electrons. The Hall–Kier alpha value is 0.230. The van der Waals surface area contributed by atoms with Gasteiger partial charge in [-0.3, -0.25) is 4.90 Å². The standard InChI is InChI=1S/C14H28N2OS/c1-11(2)15-8-13-4-5-14(17-13)9-16(3)12-6-7-18-10-12/h11-15H,4-10H2,1-3H3. The Balaban J connectivity index is 1.65. The van der Waals surface area contributed by atoms with E-state index >= 15 is 0 Å². The third-order valence-electron chi connectivity index (χ3n) is 3.97. The van der Waals surface area contributed by atoms with E-state index in [1.165, 1.54) is 30.8 Å². The Morgan fingerprint density at radius 2 is 2.06 bits per heavy atom. The van der Waals surface area contributed by atoms with E-state index in [4.69, 9.17) is 4.74 Å². The van der Waals surface area contributed by atoms with Crippen LogP contribution in [0.1, 0.15) is 33.1 Å². The van der Waals surface area contributed by atoms with Crippen molar-refractivity contribution in [3.05, 3.63) is 0 Å². The highest BCUT2D eigenvalue weighted by Crippen LogP contribution is 2.24. The van der Waals surface area contributed by atoms with Crippen LogP contribution >= 0.6 is 11.8 Å². The molecule has 2 saturated heterocycles. The normalized spacial score (nSPS) is 32.8. The first-order valence-corrected chi connectivity index (χ1v) is 8.47. The molecule has 18 heavy (non-hydrogen) atoms. The van der Waals surface area contributed by atoms with Crippen LogP contribution in [0.25, 0.3) is 0 Å². The molecule has 0 aromatic rings. The van der Waals surface area contributed by atoms with Crippen molar-refractivity contribution in [1.82, 2.24) is 10.2 Å². The second-order valence-corrected chi connectivity index (χ2v) is 7.13. The molecular formula is C14H28N2OS. The van der Waals surface area contributed by atoms with Crippen LogP contribution in [0.3, 0.4) is 0 Å². The van der Waals surface area contributed by atoms with E-state index in [0.29, 0.717) is 18.2 Å². The van der Waals surface area contributed by atoms with Crippen molar-refractivity contribution in [2.24, 2.45) is 0 Å². The molecule has 2 aliphatic rings. The summed E-state index contributed by atoms with van der Waals surface area (Å²) < 4.78 is 6.13. The zero-order chi connectivity index (χ0) is 13.0. The minimum Gasteiger partial charge on any atom is -0.372 e. The van der Waals surface area contributed by atoms with Gasteiger partial charge in [0.15, 0.2) is 0 Å². The fraction of sp³-hybridized carbons (Fsp3) is 1.00. The first-order chi connectivity index (χ1) is 8.65. The largest absolute Gasteiger partial charge is 0.372 e. The molecule has 2 heterocycles. The molecule has 2 rings (SSSR count). The third kappa shape index (κ3) is 4.41. The van der Waals surface area contributed by atoms with E-state index in [9.17, 15) is 0 Å². The molecule has 3 unspecified atom stereocenters.